The van der Waals surface area contributed by atoms with Gasteiger partial charge in [0.15, 0.2) is 5.13 Å². The second kappa shape index (κ2) is 8.41. The molecule has 2 aromatic heterocycles. The fraction of sp³-hybridized carbons (Fsp3) is 0. The van der Waals surface area contributed by atoms with E-state index >= 15 is 0 Å². The van der Waals surface area contributed by atoms with E-state index in [-0.39, 0.29) is 5.91 Å². The van der Waals surface area contributed by atoms with Crippen LogP contribution >= 0.6 is 27.3 Å². The number of nitrogens with zero attached hydrogens (tertiary/aromatic N) is 2. The molecule has 0 aliphatic carbocycles. The zero-order chi connectivity index (χ0) is 21.2. The molecular weight excluding hydrogens is 470 g/mol. The molecule has 0 fully saturated rings. The maximum absolute atomic E-state index is 13.2. The second-order valence-electron chi connectivity index (χ2n) is 6.94. The smallest absolute Gasteiger partial charge is 0.258 e. The molecule has 3 aromatic carbocycles. The summed E-state index contributed by atoms with van der Waals surface area (Å²) >= 11 is 4.92. The number of thiazole rings is 1. The maximum atomic E-state index is 13.2. The van der Waals surface area contributed by atoms with E-state index in [4.69, 9.17) is 4.98 Å². The van der Waals surface area contributed by atoms with Crippen LogP contribution in [-0.2, 0) is 0 Å². The Bertz CT molecular complexity index is 1400. The maximum Gasteiger partial charge on any atom is 0.258 e. The van der Waals surface area contributed by atoms with E-state index in [0.717, 1.165) is 37.9 Å². The summed E-state index contributed by atoms with van der Waals surface area (Å²) in [5, 5.41) is 6.28. The van der Waals surface area contributed by atoms with E-state index in [2.05, 4.69) is 26.2 Å². The van der Waals surface area contributed by atoms with Gasteiger partial charge in [0.1, 0.15) is 0 Å². The van der Waals surface area contributed by atoms with Crippen molar-refractivity contribution < 1.29 is 4.79 Å². The van der Waals surface area contributed by atoms with Crippen LogP contribution in [0.5, 0.6) is 0 Å². The first-order valence-electron chi connectivity index (χ1n) is 9.65. The largest absolute Gasteiger partial charge is 0.298 e. The van der Waals surface area contributed by atoms with Gasteiger partial charge in [-0.15, -0.1) is 11.3 Å². The molecule has 0 bridgehead atoms. The predicted molar refractivity (Wildman–Crippen MR) is 130 cm³/mol. The molecule has 4 nitrogen and oxygen atoms in total. The SMILES string of the molecule is O=C(Nc1nc(-c2ccccc2)cs1)c1cc(-c2cccc(Br)c2)nc2ccccc12. The summed E-state index contributed by atoms with van der Waals surface area (Å²) < 4.78 is 0.960. The van der Waals surface area contributed by atoms with E-state index in [1.807, 2.05) is 90.3 Å². The molecule has 0 aliphatic heterocycles. The Hall–Kier alpha value is -3.35. The van der Waals surface area contributed by atoms with Gasteiger partial charge in [-0.05, 0) is 24.3 Å². The molecule has 0 radical (unpaired) electrons. The van der Waals surface area contributed by atoms with E-state index in [0.29, 0.717) is 10.7 Å². The van der Waals surface area contributed by atoms with Crippen LogP contribution < -0.4 is 5.32 Å². The minimum absolute atomic E-state index is 0.205. The monoisotopic (exact) mass is 485 g/mol. The average molecular weight is 486 g/mol. The number of anilines is 1. The number of carbonyl (C=O) groups is 1. The van der Waals surface area contributed by atoms with Crippen LogP contribution in [-0.4, -0.2) is 15.9 Å². The Morgan fingerprint density at radius 2 is 1.58 bits per heavy atom. The summed E-state index contributed by atoms with van der Waals surface area (Å²) in [4.78, 5) is 22.6. The number of amides is 1. The van der Waals surface area contributed by atoms with Crippen LogP contribution in [0.15, 0.2) is 94.8 Å². The third-order valence-electron chi connectivity index (χ3n) is 4.88. The van der Waals surface area contributed by atoms with Crippen LogP contribution in [0.2, 0.25) is 0 Å². The molecule has 0 aliphatic rings. The van der Waals surface area contributed by atoms with Crippen molar-refractivity contribution in [3.8, 4) is 22.5 Å². The van der Waals surface area contributed by atoms with Gasteiger partial charge in [0.05, 0.1) is 22.5 Å². The highest BCUT2D eigenvalue weighted by molar-refractivity contribution is 9.10. The van der Waals surface area contributed by atoms with Crippen molar-refractivity contribution in [3.63, 3.8) is 0 Å². The van der Waals surface area contributed by atoms with Crippen LogP contribution in [0, 0.1) is 0 Å². The lowest BCUT2D eigenvalue weighted by Gasteiger charge is -2.10. The van der Waals surface area contributed by atoms with Crippen molar-refractivity contribution in [1.82, 2.24) is 9.97 Å². The number of hydrogen-bond acceptors (Lipinski definition) is 4. The topological polar surface area (TPSA) is 54.9 Å². The number of hydrogen-bond donors (Lipinski definition) is 1. The molecule has 0 atom stereocenters. The average Bonchev–Trinajstić information content (AvgIpc) is 3.27. The van der Waals surface area contributed by atoms with Gasteiger partial charge >= 0.3 is 0 Å². The normalized spacial score (nSPS) is 10.9. The van der Waals surface area contributed by atoms with Crippen LogP contribution in [0.3, 0.4) is 0 Å². The first-order chi connectivity index (χ1) is 15.2. The van der Waals surface area contributed by atoms with Crippen molar-refractivity contribution in [2.75, 3.05) is 5.32 Å². The van der Waals surface area contributed by atoms with Gasteiger partial charge in [-0.25, -0.2) is 9.97 Å². The van der Waals surface area contributed by atoms with Crippen molar-refractivity contribution in [1.29, 1.82) is 0 Å². The molecule has 1 amide bonds. The number of rotatable bonds is 4. The number of para-hydroxylation sites is 1. The molecule has 5 aromatic rings. The Kier molecular flexibility index (Phi) is 5.32. The standard InChI is InChI=1S/C25H16BrN3OS/c26-18-10-6-9-17(13-18)22-14-20(19-11-4-5-12-21(19)27-22)24(30)29-25-28-23(15-31-25)16-7-2-1-3-8-16/h1-15H,(H,28,29,30). The summed E-state index contributed by atoms with van der Waals surface area (Å²) in [5.74, 6) is -0.205. The second-order valence-corrected chi connectivity index (χ2v) is 8.71. The summed E-state index contributed by atoms with van der Waals surface area (Å²) in [6, 6.07) is 27.3. The van der Waals surface area contributed by atoms with Crippen LogP contribution in [0.1, 0.15) is 10.4 Å². The summed E-state index contributed by atoms with van der Waals surface area (Å²) in [7, 11) is 0. The van der Waals surface area contributed by atoms with Crippen molar-refractivity contribution in [2.45, 2.75) is 0 Å². The molecule has 0 saturated heterocycles. The Morgan fingerprint density at radius 3 is 2.42 bits per heavy atom. The zero-order valence-electron chi connectivity index (χ0n) is 16.2. The summed E-state index contributed by atoms with van der Waals surface area (Å²) in [6.07, 6.45) is 0. The fourth-order valence-corrected chi connectivity index (χ4v) is 4.51. The van der Waals surface area contributed by atoms with Crippen molar-refractivity contribution in [3.05, 3.63) is 100 Å². The Labute approximate surface area is 191 Å². The summed E-state index contributed by atoms with van der Waals surface area (Å²) in [6.45, 7) is 0. The summed E-state index contributed by atoms with van der Waals surface area (Å²) in [5.41, 5.74) is 4.89. The third kappa shape index (κ3) is 4.13. The molecular formula is C25H16BrN3OS. The first kappa shape index (κ1) is 19.6. The van der Waals surface area contributed by atoms with E-state index in [1.54, 1.807) is 0 Å². The van der Waals surface area contributed by atoms with Gasteiger partial charge in [-0.2, -0.15) is 0 Å². The minimum Gasteiger partial charge on any atom is -0.298 e. The zero-order valence-corrected chi connectivity index (χ0v) is 18.7. The molecule has 2 heterocycles. The van der Waals surface area contributed by atoms with Crippen molar-refractivity contribution >= 4 is 49.2 Å². The Balaban J connectivity index is 1.52. The Morgan fingerprint density at radius 1 is 0.806 bits per heavy atom. The van der Waals surface area contributed by atoms with Gasteiger partial charge in [-0.1, -0.05) is 76.6 Å². The van der Waals surface area contributed by atoms with E-state index in [1.165, 1.54) is 11.3 Å². The van der Waals surface area contributed by atoms with Crippen molar-refractivity contribution in [2.24, 2.45) is 0 Å². The highest BCUT2D eigenvalue weighted by Crippen LogP contribution is 2.29. The molecule has 0 unspecified atom stereocenters. The molecule has 5 rings (SSSR count). The molecule has 1 N–H and O–H groups in total. The van der Waals surface area contributed by atoms with Gasteiger partial charge in [0, 0.05) is 26.4 Å². The lowest BCUT2D eigenvalue weighted by molar-refractivity contribution is 0.102. The first-order valence-corrected chi connectivity index (χ1v) is 11.3. The quantitative estimate of drug-likeness (QED) is 0.297. The van der Waals surface area contributed by atoms with E-state index < -0.39 is 0 Å². The highest BCUT2D eigenvalue weighted by atomic mass is 79.9. The van der Waals surface area contributed by atoms with Gasteiger partial charge in [0.25, 0.3) is 5.91 Å². The van der Waals surface area contributed by atoms with Crippen LogP contribution in [0.25, 0.3) is 33.4 Å². The van der Waals surface area contributed by atoms with Crippen LogP contribution in [0.4, 0.5) is 5.13 Å². The molecule has 0 spiro atoms. The number of benzene rings is 3. The molecule has 150 valence electrons. The number of carbonyl (C=O) groups excluding carboxylic acids is 1. The predicted octanol–water partition coefficient (Wildman–Crippen LogP) is 7.04. The number of halogens is 1. The fourth-order valence-electron chi connectivity index (χ4n) is 3.40. The number of fused-ring (bicyclic) bond motifs is 1. The number of nitrogens with one attached hydrogen (secondary N) is 1. The molecule has 6 heteroatoms. The highest BCUT2D eigenvalue weighted by Gasteiger charge is 2.16. The number of pyridine rings is 1. The molecule has 31 heavy (non-hydrogen) atoms. The lowest BCUT2D eigenvalue weighted by Crippen LogP contribution is -2.13. The minimum atomic E-state index is -0.205. The lowest BCUT2D eigenvalue weighted by atomic mass is 10.0. The number of aromatic nitrogens is 2. The van der Waals surface area contributed by atoms with Gasteiger partial charge in [0.2, 0.25) is 0 Å². The van der Waals surface area contributed by atoms with E-state index in [9.17, 15) is 4.79 Å². The third-order valence-corrected chi connectivity index (χ3v) is 6.13. The van der Waals surface area contributed by atoms with Gasteiger partial charge < -0.3 is 0 Å². The van der Waals surface area contributed by atoms with Gasteiger partial charge in [-0.3, -0.25) is 10.1 Å². The molecule has 0 saturated carbocycles.